The van der Waals surface area contributed by atoms with Crippen molar-refractivity contribution in [3.8, 4) is 0 Å². The van der Waals surface area contributed by atoms with Crippen LogP contribution in [0.1, 0.15) is 109 Å². The van der Waals surface area contributed by atoms with Gasteiger partial charge in [-0.2, -0.15) is 0 Å². The van der Waals surface area contributed by atoms with Crippen LogP contribution in [0, 0.1) is 0 Å². The summed E-state index contributed by atoms with van der Waals surface area (Å²) in [5, 5.41) is 31.6. The van der Waals surface area contributed by atoms with Gasteiger partial charge in [0.05, 0.1) is 13.0 Å². The van der Waals surface area contributed by atoms with Gasteiger partial charge in [-0.05, 0) is 51.0 Å². The largest absolute Gasteiger partial charge is 0.481 e. The normalized spacial score (nSPS) is 12.5. The molecule has 0 bridgehead atoms. The number of carbonyl (C=O) groups excluding carboxylic acids is 5. The Balaban J connectivity index is 2.24. The number of H-pyrrole nitrogens is 1. The van der Waals surface area contributed by atoms with Gasteiger partial charge in [0.1, 0.15) is 18.4 Å². The van der Waals surface area contributed by atoms with Gasteiger partial charge < -0.3 is 46.6 Å². The molecule has 3 unspecified atom stereocenters. The predicted molar refractivity (Wildman–Crippen MR) is 184 cm³/mol. The van der Waals surface area contributed by atoms with E-state index in [1.54, 1.807) is 0 Å². The van der Waals surface area contributed by atoms with E-state index in [9.17, 15) is 43.5 Å². The quantitative estimate of drug-likeness (QED) is 0.0464. The summed E-state index contributed by atoms with van der Waals surface area (Å²) < 4.78 is 0. The number of hydrogen-bond donors (Lipinski definition) is 8. The number of aromatic amines is 1. The van der Waals surface area contributed by atoms with E-state index in [1.165, 1.54) is 18.3 Å². The summed E-state index contributed by atoms with van der Waals surface area (Å²) in [7, 11) is 0. The van der Waals surface area contributed by atoms with E-state index in [4.69, 9.17) is 5.11 Å². The van der Waals surface area contributed by atoms with Gasteiger partial charge in [0.15, 0.2) is 0 Å². The Morgan fingerprint density at radius 1 is 0.740 bits per heavy atom. The highest BCUT2D eigenvalue weighted by Gasteiger charge is 2.27. The van der Waals surface area contributed by atoms with E-state index >= 15 is 0 Å². The molecule has 50 heavy (non-hydrogen) atoms. The van der Waals surface area contributed by atoms with Crippen molar-refractivity contribution in [2.24, 2.45) is 0 Å². The zero-order chi connectivity index (χ0) is 37.1. The van der Waals surface area contributed by atoms with Crippen molar-refractivity contribution in [3.05, 3.63) is 34.2 Å². The van der Waals surface area contributed by atoms with E-state index in [-0.39, 0.29) is 49.3 Å². The number of carbonyl (C=O) groups is 7. The number of carboxylic acids is 2. The van der Waals surface area contributed by atoms with Gasteiger partial charge in [0.25, 0.3) is 0 Å². The van der Waals surface area contributed by atoms with Crippen molar-refractivity contribution in [3.63, 3.8) is 0 Å². The molecule has 0 aliphatic carbocycles. The maximum Gasteiger partial charge on any atom is 0.326 e. The highest BCUT2D eigenvalue weighted by atomic mass is 16.4. The minimum atomic E-state index is -1.28. The van der Waals surface area contributed by atoms with Crippen LogP contribution < -0.4 is 32.1 Å². The molecule has 3 atom stereocenters. The lowest BCUT2D eigenvalue weighted by Crippen LogP contribution is -2.52. The Kier molecular flexibility index (Phi) is 22.6. The highest BCUT2D eigenvalue weighted by molar-refractivity contribution is 5.91. The van der Waals surface area contributed by atoms with Crippen LogP contribution in [-0.2, 0) is 35.2 Å². The molecule has 16 nitrogen and oxygen atoms in total. The molecule has 8 N–H and O–H groups in total. The lowest BCUT2D eigenvalue weighted by molar-refractivity contribution is -0.143. The standard InChI is InChI=1S/C34H54N6O10/c1-24(38-34(50)36-20-21-41)12-8-6-4-2-3-5-7-9-14-28(42)35-19-11-10-13-27(33(48)49)40-32(47)26(16-18-31(45)46)39-30(44)22-25-15-17-29(43)37-23-25/h15,17,21,23-24,26-27H,2-14,16,18-20,22H2,1H3,(H,35,42)(H,37,43)(H,39,44)(H,40,47)(H,45,46)(H,48,49)(H2,36,38,50). The topological polar surface area (TPSA) is 253 Å². The van der Waals surface area contributed by atoms with Crippen LogP contribution in [0.15, 0.2) is 23.1 Å². The molecule has 0 saturated carbocycles. The van der Waals surface area contributed by atoms with Gasteiger partial charge in [0.2, 0.25) is 23.3 Å². The number of hydrogen-bond acceptors (Lipinski definition) is 8. The molecule has 0 aliphatic heterocycles. The summed E-state index contributed by atoms with van der Waals surface area (Å²) in [6.07, 6.45) is 11.5. The molecule has 0 saturated heterocycles. The van der Waals surface area contributed by atoms with Crippen LogP contribution in [0.25, 0.3) is 0 Å². The fourth-order valence-corrected chi connectivity index (χ4v) is 5.12. The Morgan fingerprint density at radius 2 is 1.40 bits per heavy atom. The Hall–Kier alpha value is -4.76. The summed E-state index contributed by atoms with van der Waals surface area (Å²) in [5.74, 6) is -3.96. The average molecular weight is 707 g/mol. The summed E-state index contributed by atoms with van der Waals surface area (Å²) in [4.78, 5) is 95.9. The third-order valence-corrected chi connectivity index (χ3v) is 7.88. The third-order valence-electron chi connectivity index (χ3n) is 7.88. The van der Waals surface area contributed by atoms with Gasteiger partial charge in [-0.1, -0.05) is 51.0 Å². The first-order chi connectivity index (χ1) is 23.9. The number of aliphatic carboxylic acids is 2. The zero-order valence-corrected chi connectivity index (χ0v) is 28.9. The maximum atomic E-state index is 12.9. The molecule has 0 spiro atoms. The molecule has 0 aliphatic rings. The van der Waals surface area contributed by atoms with E-state index in [0.717, 1.165) is 57.8 Å². The number of urea groups is 1. The van der Waals surface area contributed by atoms with Gasteiger partial charge in [-0.15, -0.1) is 0 Å². The number of pyridine rings is 1. The number of aldehydes is 1. The first-order valence-corrected chi connectivity index (χ1v) is 17.4. The second-order valence-corrected chi connectivity index (χ2v) is 12.3. The van der Waals surface area contributed by atoms with E-state index in [0.29, 0.717) is 37.7 Å². The van der Waals surface area contributed by atoms with Crippen molar-refractivity contribution in [2.75, 3.05) is 13.1 Å². The number of aromatic nitrogens is 1. The molecule has 0 fully saturated rings. The number of carboxylic acid groups (broad SMARTS) is 2. The number of rotatable bonds is 28. The van der Waals surface area contributed by atoms with Gasteiger partial charge in [-0.3, -0.25) is 24.0 Å². The van der Waals surface area contributed by atoms with Crippen molar-refractivity contribution in [2.45, 2.75) is 128 Å². The monoisotopic (exact) mass is 706 g/mol. The fraction of sp³-hybridized carbons (Fsp3) is 0.647. The molecule has 280 valence electrons. The predicted octanol–water partition coefficient (Wildman–Crippen LogP) is 1.91. The van der Waals surface area contributed by atoms with Crippen LogP contribution in [0.2, 0.25) is 0 Å². The van der Waals surface area contributed by atoms with Crippen LogP contribution in [0.4, 0.5) is 4.79 Å². The lowest BCUT2D eigenvalue weighted by atomic mass is 10.0. The van der Waals surface area contributed by atoms with Crippen molar-refractivity contribution < 1.29 is 43.8 Å². The first-order valence-electron chi connectivity index (χ1n) is 17.4. The van der Waals surface area contributed by atoms with Gasteiger partial charge in [0, 0.05) is 37.7 Å². The number of nitrogens with one attached hydrogen (secondary N) is 6. The number of unbranched alkanes of at least 4 members (excludes halogenated alkanes) is 8. The van der Waals surface area contributed by atoms with E-state index < -0.39 is 42.3 Å². The molecule has 0 aromatic carbocycles. The minimum Gasteiger partial charge on any atom is -0.481 e. The van der Waals surface area contributed by atoms with E-state index in [2.05, 4.69) is 31.6 Å². The summed E-state index contributed by atoms with van der Waals surface area (Å²) in [6.45, 7) is 2.30. The van der Waals surface area contributed by atoms with Crippen LogP contribution in [0.5, 0.6) is 0 Å². The molecular weight excluding hydrogens is 652 g/mol. The SMILES string of the molecule is CC(CCCCCCCCCCC(=O)NCCCCC(NC(=O)C(CCC(=O)O)NC(=O)Cc1ccc(=O)[nH]c1)C(=O)O)NC(=O)NCC=O. The molecular formula is C34H54N6O10. The third kappa shape index (κ3) is 22.0. The molecule has 1 aromatic rings. The summed E-state index contributed by atoms with van der Waals surface area (Å²) in [5.41, 5.74) is 0.115. The smallest absolute Gasteiger partial charge is 0.326 e. The van der Waals surface area contributed by atoms with Crippen molar-refractivity contribution in [1.29, 1.82) is 0 Å². The molecule has 16 heteroatoms. The highest BCUT2D eigenvalue weighted by Crippen LogP contribution is 2.12. The van der Waals surface area contributed by atoms with E-state index in [1.807, 2.05) is 6.92 Å². The fourth-order valence-electron chi connectivity index (χ4n) is 5.12. The minimum absolute atomic E-state index is 0.00180. The Morgan fingerprint density at radius 3 is 2.02 bits per heavy atom. The first kappa shape index (κ1) is 43.3. The van der Waals surface area contributed by atoms with Crippen molar-refractivity contribution >= 4 is 42.0 Å². The van der Waals surface area contributed by atoms with Crippen LogP contribution in [0.3, 0.4) is 0 Å². The Labute approximate surface area is 292 Å². The van der Waals surface area contributed by atoms with Gasteiger partial charge in [-0.25, -0.2) is 9.59 Å². The Bertz CT molecular complexity index is 1270. The number of amides is 5. The summed E-state index contributed by atoms with van der Waals surface area (Å²) >= 11 is 0. The lowest BCUT2D eigenvalue weighted by Gasteiger charge is -2.21. The molecule has 1 aromatic heterocycles. The second kappa shape index (κ2) is 26.2. The van der Waals surface area contributed by atoms with Crippen LogP contribution in [-0.4, -0.2) is 88.4 Å². The molecule has 0 radical (unpaired) electrons. The van der Waals surface area contributed by atoms with Crippen molar-refractivity contribution in [1.82, 2.24) is 31.6 Å². The average Bonchev–Trinajstić information content (AvgIpc) is 3.06. The molecule has 1 heterocycles. The second-order valence-electron chi connectivity index (χ2n) is 12.3. The maximum absolute atomic E-state index is 12.9. The van der Waals surface area contributed by atoms with Crippen LogP contribution >= 0.6 is 0 Å². The molecule has 1 rings (SSSR count). The van der Waals surface area contributed by atoms with Gasteiger partial charge >= 0.3 is 18.0 Å². The zero-order valence-electron chi connectivity index (χ0n) is 28.9. The molecule has 5 amide bonds. The summed E-state index contributed by atoms with van der Waals surface area (Å²) in [6, 6.07) is -0.154.